The Kier molecular flexibility index (Phi) is 7.41. The molecule has 0 spiro atoms. The van der Waals surface area contributed by atoms with Gasteiger partial charge in [-0.3, -0.25) is 9.59 Å². The number of hydrogen-bond acceptors (Lipinski definition) is 5. The fraction of sp³-hybridized carbons (Fsp3) is 0.357. The summed E-state index contributed by atoms with van der Waals surface area (Å²) in [6.45, 7) is 8.00. The van der Waals surface area contributed by atoms with Gasteiger partial charge in [0.2, 0.25) is 15.9 Å². The van der Waals surface area contributed by atoms with E-state index in [1.54, 1.807) is 67.3 Å². The van der Waals surface area contributed by atoms with Crippen LogP contribution in [0, 0.1) is 12.8 Å². The standard InChI is InChI=1S/C28H34N4O4S/c1-18-9-5-6-10-20(18)26(33)30-24-13-7-12-22-21(24)11-8-14-25(22)37(35,36)31-23-15-16-32(17-19(23)2)27(34)28(3,4)29/h5-14,19,23,31H,15-17,29H2,1-4H3,(H,30,33)/t19-,23+/m1/s1. The molecule has 0 radical (unpaired) electrons. The summed E-state index contributed by atoms with van der Waals surface area (Å²) in [4.78, 5) is 27.3. The van der Waals surface area contributed by atoms with E-state index in [0.717, 1.165) is 5.56 Å². The van der Waals surface area contributed by atoms with Gasteiger partial charge in [-0.1, -0.05) is 49.4 Å². The van der Waals surface area contributed by atoms with Crippen LogP contribution in [0.25, 0.3) is 10.8 Å². The first-order chi connectivity index (χ1) is 17.4. The maximum absolute atomic E-state index is 13.5. The van der Waals surface area contributed by atoms with Gasteiger partial charge >= 0.3 is 0 Å². The normalized spacial score (nSPS) is 18.6. The lowest BCUT2D eigenvalue weighted by Gasteiger charge is -2.39. The number of piperidine rings is 1. The number of amides is 2. The maximum Gasteiger partial charge on any atom is 0.255 e. The van der Waals surface area contributed by atoms with Crippen LogP contribution in [0.15, 0.2) is 65.6 Å². The summed E-state index contributed by atoms with van der Waals surface area (Å²) in [6, 6.07) is 17.2. The lowest BCUT2D eigenvalue weighted by Crippen LogP contribution is -2.57. The molecule has 1 aliphatic heterocycles. The molecule has 2 atom stereocenters. The largest absolute Gasteiger partial charge is 0.341 e. The van der Waals surface area contributed by atoms with E-state index in [0.29, 0.717) is 41.5 Å². The van der Waals surface area contributed by atoms with E-state index in [2.05, 4.69) is 10.0 Å². The van der Waals surface area contributed by atoms with E-state index in [9.17, 15) is 18.0 Å². The second-order valence-corrected chi connectivity index (χ2v) is 12.1. The number of fused-ring (bicyclic) bond motifs is 1. The minimum Gasteiger partial charge on any atom is -0.341 e. The van der Waals surface area contributed by atoms with Crippen molar-refractivity contribution in [2.24, 2.45) is 11.7 Å². The van der Waals surface area contributed by atoms with Gasteiger partial charge in [-0.15, -0.1) is 0 Å². The molecule has 1 heterocycles. The van der Waals surface area contributed by atoms with Crippen LogP contribution >= 0.6 is 0 Å². The van der Waals surface area contributed by atoms with Gasteiger partial charge in [0.15, 0.2) is 0 Å². The zero-order chi connectivity index (χ0) is 27.0. The number of sulfonamides is 1. The third-order valence-corrected chi connectivity index (χ3v) is 8.41. The van der Waals surface area contributed by atoms with E-state index >= 15 is 0 Å². The minimum atomic E-state index is -3.88. The van der Waals surface area contributed by atoms with Gasteiger partial charge < -0.3 is 16.0 Å². The molecule has 3 aromatic carbocycles. The van der Waals surface area contributed by atoms with E-state index in [1.807, 2.05) is 26.0 Å². The summed E-state index contributed by atoms with van der Waals surface area (Å²) in [7, 11) is -3.88. The molecule has 37 heavy (non-hydrogen) atoms. The number of likely N-dealkylation sites (tertiary alicyclic amines) is 1. The molecular formula is C28H34N4O4S. The van der Waals surface area contributed by atoms with Gasteiger partial charge in [0.25, 0.3) is 5.91 Å². The predicted octanol–water partition coefficient (Wildman–Crippen LogP) is 3.65. The molecule has 0 aromatic heterocycles. The quantitative estimate of drug-likeness (QED) is 0.456. The molecule has 0 saturated carbocycles. The van der Waals surface area contributed by atoms with E-state index < -0.39 is 15.6 Å². The molecule has 1 aliphatic rings. The predicted molar refractivity (Wildman–Crippen MR) is 146 cm³/mol. The summed E-state index contributed by atoms with van der Waals surface area (Å²) >= 11 is 0. The smallest absolute Gasteiger partial charge is 0.255 e. The van der Waals surface area contributed by atoms with Gasteiger partial charge in [0.05, 0.1) is 10.4 Å². The lowest BCUT2D eigenvalue weighted by molar-refractivity contribution is -0.137. The Balaban J connectivity index is 1.57. The number of carbonyl (C=O) groups excluding carboxylic acids is 2. The zero-order valence-corrected chi connectivity index (χ0v) is 22.4. The molecule has 2 amide bonds. The van der Waals surface area contributed by atoms with Crippen LogP contribution in [0.3, 0.4) is 0 Å². The summed E-state index contributed by atoms with van der Waals surface area (Å²) in [6.07, 6.45) is 0.491. The van der Waals surface area contributed by atoms with Crippen LogP contribution in [0.1, 0.15) is 43.1 Å². The van der Waals surface area contributed by atoms with E-state index in [4.69, 9.17) is 5.73 Å². The van der Waals surface area contributed by atoms with Crippen molar-refractivity contribution in [3.8, 4) is 0 Å². The number of carbonyl (C=O) groups is 2. The van der Waals surface area contributed by atoms with Crippen LogP contribution < -0.4 is 15.8 Å². The number of aryl methyl sites for hydroxylation is 1. The molecule has 0 aliphatic carbocycles. The summed E-state index contributed by atoms with van der Waals surface area (Å²) in [5.41, 5.74) is 6.95. The molecule has 0 unspecified atom stereocenters. The van der Waals surface area contributed by atoms with Crippen LogP contribution in [0.5, 0.6) is 0 Å². The fourth-order valence-corrected chi connectivity index (χ4v) is 6.42. The van der Waals surface area contributed by atoms with E-state index in [1.165, 1.54) is 0 Å². The third-order valence-electron chi connectivity index (χ3n) is 6.86. The van der Waals surface area contributed by atoms with Gasteiger partial charge in [-0.2, -0.15) is 0 Å². The maximum atomic E-state index is 13.5. The van der Waals surface area contributed by atoms with Crippen LogP contribution in [-0.4, -0.2) is 49.8 Å². The minimum absolute atomic E-state index is 0.0891. The van der Waals surface area contributed by atoms with Crippen molar-refractivity contribution in [1.29, 1.82) is 0 Å². The van der Waals surface area contributed by atoms with Crippen molar-refractivity contribution >= 4 is 38.3 Å². The SMILES string of the molecule is Cc1ccccc1C(=O)Nc1cccc2c(S(=O)(=O)N[C@H]3CCN(C(=O)C(C)(C)N)C[C@H]3C)cccc12. The Morgan fingerprint density at radius 1 is 1.00 bits per heavy atom. The highest BCUT2D eigenvalue weighted by molar-refractivity contribution is 7.89. The Hall–Kier alpha value is -3.27. The van der Waals surface area contributed by atoms with Gasteiger partial charge in [0, 0.05) is 41.2 Å². The van der Waals surface area contributed by atoms with Crippen molar-refractivity contribution in [3.63, 3.8) is 0 Å². The van der Waals surface area contributed by atoms with Gasteiger partial charge in [-0.05, 0) is 56.9 Å². The number of anilines is 1. The number of nitrogens with one attached hydrogen (secondary N) is 2. The van der Waals surface area contributed by atoms with Crippen molar-refractivity contribution < 1.29 is 18.0 Å². The molecule has 8 nitrogen and oxygen atoms in total. The molecule has 1 saturated heterocycles. The topological polar surface area (TPSA) is 122 Å². The van der Waals surface area contributed by atoms with Gasteiger partial charge in [-0.25, -0.2) is 13.1 Å². The van der Waals surface area contributed by atoms with Crippen molar-refractivity contribution in [3.05, 3.63) is 71.8 Å². The average Bonchev–Trinajstić information content (AvgIpc) is 2.84. The highest BCUT2D eigenvalue weighted by Gasteiger charge is 2.36. The average molecular weight is 523 g/mol. The van der Waals surface area contributed by atoms with Crippen LogP contribution in [0.2, 0.25) is 0 Å². The molecule has 0 bridgehead atoms. The molecule has 196 valence electrons. The first-order valence-corrected chi connectivity index (χ1v) is 13.9. The molecule has 4 N–H and O–H groups in total. The molecular weight excluding hydrogens is 488 g/mol. The first-order valence-electron chi connectivity index (χ1n) is 12.4. The highest BCUT2D eigenvalue weighted by Crippen LogP contribution is 2.30. The summed E-state index contributed by atoms with van der Waals surface area (Å²) < 4.78 is 29.9. The number of nitrogens with two attached hydrogens (primary N) is 1. The third kappa shape index (κ3) is 5.69. The van der Waals surface area contributed by atoms with E-state index in [-0.39, 0.29) is 28.7 Å². The second-order valence-electron chi connectivity index (χ2n) is 10.4. The summed E-state index contributed by atoms with van der Waals surface area (Å²) in [5.74, 6) is -0.489. The number of nitrogens with zero attached hydrogens (tertiary/aromatic N) is 1. The Labute approximate surface area is 218 Å². The zero-order valence-electron chi connectivity index (χ0n) is 21.6. The number of rotatable bonds is 6. The van der Waals surface area contributed by atoms with Crippen molar-refractivity contribution in [2.45, 2.75) is 50.6 Å². The molecule has 1 fully saturated rings. The van der Waals surface area contributed by atoms with Crippen molar-refractivity contribution in [1.82, 2.24) is 9.62 Å². The van der Waals surface area contributed by atoms with Crippen molar-refractivity contribution in [2.75, 3.05) is 18.4 Å². The Morgan fingerprint density at radius 2 is 1.68 bits per heavy atom. The van der Waals surface area contributed by atoms with Crippen LogP contribution in [0.4, 0.5) is 5.69 Å². The monoisotopic (exact) mass is 522 g/mol. The second kappa shape index (κ2) is 10.2. The number of hydrogen-bond donors (Lipinski definition) is 3. The summed E-state index contributed by atoms with van der Waals surface area (Å²) in [5, 5.41) is 4.08. The van der Waals surface area contributed by atoms with Gasteiger partial charge in [0.1, 0.15) is 0 Å². The molecule has 9 heteroatoms. The fourth-order valence-electron chi connectivity index (χ4n) is 4.82. The molecule has 4 rings (SSSR count). The number of benzene rings is 3. The van der Waals surface area contributed by atoms with Crippen LogP contribution in [-0.2, 0) is 14.8 Å². The first kappa shape index (κ1) is 26.8. The Bertz CT molecular complexity index is 1450. The highest BCUT2D eigenvalue weighted by atomic mass is 32.2. The molecule has 3 aromatic rings. The Morgan fingerprint density at radius 3 is 2.35 bits per heavy atom. The lowest BCUT2D eigenvalue weighted by atomic mass is 9.93.